The Hall–Kier alpha value is -4.83. The number of nitrogens with zero attached hydrogens (tertiary/aromatic N) is 2. The van der Waals surface area contributed by atoms with Crippen molar-refractivity contribution in [3.05, 3.63) is 128 Å². The summed E-state index contributed by atoms with van der Waals surface area (Å²) in [6, 6.07) is 23.2. The van der Waals surface area contributed by atoms with Gasteiger partial charge in [0.25, 0.3) is 5.69 Å². The Balaban J connectivity index is 1.73. The van der Waals surface area contributed by atoms with Crippen molar-refractivity contribution < 1.29 is 24.4 Å². The number of ketones is 1. The zero-order valence-electron chi connectivity index (χ0n) is 22.3. The normalized spacial score (nSPS) is 21.8. The van der Waals surface area contributed by atoms with E-state index in [2.05, 4.69) is 5.32 Å². The Morgan fingerprint density at radius 2 is 1.61 bits per heavy atom. The van der Waals surface area contributed by atoms with Crippen LogP contribution in [0.5, 0.6) is 0 Å². The van der Waals surface area contributed by atoms with Crippen LogP contribution in [-0.2, 0) is 4.79 Å². The molecule has 0 bridgehead atoms. The number of anilines is 1. The molecule has 9 nitrogen and oxygen atoms in total. The van der Waals surface area contributed by atoms with E-state index in [0.29, 0.717) is 16.1 Å². The number of hydrogen-bond donors (Lipinski definition) is 2. The van der Waals surface area contributed by atoms with Crippen LogP contribution in [-0.4, -0.2) is 38.3 Å². The lowest BCUT2D eigenvalue weighted by Crippen LogP contribution is -2.55. The minimum absolute atomic E-state index is 0.169. The number of nitro groups is 1. The Morgan fingerprint density at radius 3 is 2.17 bits per heavy atom. The van der Waals surface area contributed by atoms with Gasteiger partial charge in [-0.25, -0.2) is 9.59 Å². The number of benzene rings is 3. The van der Waals surface area contributed by atoms with Crippen molar-refractivity contribution >= 4 is 40.5 Å². The van der Waals surface area contributed by atoms with Gasteiger partial charge in [0.1, 0.15) is 5.54 Å². The van der Waals surface area contributed by atoms with Crippen LogP contribution < -0.4 is 5.32 Å². The molecule has 1 aliphatic heterocycles. The number of non-ortho nitro benzene ring substituents is 1. The number of likely N-dealkylation sites (tertiary alicyclic amines) is 1. The molecular weight excluding hydrogens is 542 g/mol. The zero-order valence-corrected chi connectivity index (χ0v) is 23.1. The molecule has 0 spiro atoms. The predicted octanol–water partition coefficient (Wildman–Crippen LogP) is 6.68. The van der Waals surface area contributed by atoms with Crippen LogP contribution >= 0.6 is 11.3 Å². The first-order chi connectivity index (χ1) is 19.6. The van der Waals surface area contributed by atoms with E-state index in [9.17, 15) is 29.6 Å². The van der Waals surface area contributed by atoms with Gasteiger partial charge in [-0.2, -0.15) is 0 Å². The number of aryl methyl sites for hydroxylation is 1. The average Bonchev–Trinajstić information content (AvgIpc) is 3.58. The Kier molecular flexibility index (Phi) is 7.42. The molecule has 1 aromatic heterocycles. The quantitative estimate of drug-likeness (QED) is 0.145. The van der Waals surface area contributed by atoms with Gasteiger partial charge < -0.3 is 10.4 Å². The fourth-order valence-corrected chi connectivity index (χ4v) is 6.68. The van der Waals surface area contributed by atoms with Gasteiger partial charge in [-0.05, 0) is 55.1 Å². The maximum atomic E-state index is 14.4. The molecule has 4 unspecified atom stereocenters. The number of nitrogens with one attached hydrogen (secondary N) is 1. The standard InChI is InChI=1S/C31H27N3O6S/c1-19-10-12-20(13-11-19)27-25(28(35)21-14-16-23(17-15-21)34(39)40)26(24-9-6-18-41-24)31(2,29(36)37)33(27)30(38)32-22-7-4-3-5-8-22/h3-18,25-27H,1-2H3,(H,32,38)(H,36,37). The fourth-order valence-electron chi connectivity index (χ4n) is 5.69. The van der Waals surface area contributed by atoms with E-state index in [1.165, 1.54) is 47.4 Å². The number of hydrogen-bond acceptors (Lipinski definition) is 6. The van der Waals surface area contributed by atoms with Crippen molar-refractivity contribution in [2.75, 3.05) is 5.32 Å². The van der Waals surface area contributed by atoms with Crippen LogP contribution in [0.2, 0.25) is 0 Å². The highest BCUT2D eigenvalue weighted by atomic mass is 32.1. The Morgan fingerprint density at radius 1 is 0.951 bits per heavy atom. The van der Waals surface area contributed by atoms with Crippen LogP contribution in [0.3, 0.4) is 0 Å². The molecule has 2 amide bonds. The van der Waals surface area contributed by atoms with Crippen molar-refractivity contribution in [3.8, 4) is 0 Å². The van der Waals surface area contributed by atoms with Gasteiger partial charge in [0.15, 0.2) is 5.78 Å². The molecule has 41 heavy (non-hydrogen) atoms. The Labute approximate surface area is 240 Å². The van der Waals surface area contributed by atoms with Gasteiger partial charge in [-0.15, -0.1) is 11.3 Å². The number of rotatable bonds is 7. The smallest absolute Gasteiger partial charge is 0.330 e. The topological polar surface area (TPSA) is 130 Å². The molecule has 5 rings (SSSR count). The zero-order chi connectivity index (χ0) is 29.3. The molecule has 1 aliphatic rings. The number of para-hydroxylation sites is 1. The lowest BCUT2D eigenvalue weighted by molar-refractivity contribution is -0.384. The highest BCUT2D eigenvalue weighted by Crippen LogP contribution is 2.57. The van der Waals surface area contributed by atoms with E-state index in [1.807, 2.05) is 19.1 Å². The number of carboxylic acids is 1. The van der Waals surface area contributed by atoms with Crippen molar-refractivity contribution in [3.63, 3.8) is 0 Å². The third-order valence-corrected chi connectivity index (χ3v) is 8.65. The average molecular weight is 570 g/mol. The van der Waals surface area contributed by atoms with Crippen molar-refractivity contribution in [2.45, 2.75) is 31.3 Å². The first kappa shape index (κ1) is 27.7. The molecule has 4 aromatic rings. The first-order valence-corrected chi connectivity index (χ1v) is 13.8. The highest BCUT2D eigenvalue weighted by Gasteiger charge is 2.65. The van der Waals surface area contributed by atoms with Crippen LogP contribution in [0.1, 0.15) is 45.2 Å². The second kappa shape index (κ2) is 11.0. The molecule has 1 saturated heterocycles. The third kappa shape index (κ3) is 4.98. The van der Waals surface area contributed by atoms with Gasteiger partial charge >= 0.3 is 12.0 Å². The molecule has 208 valence electrons. The minimum Gasteiger partial charge on any atom is -0.479 e. The number of aliphatic carboxylic acids is 1. The number of Topliss-reactive ketones (excluding diaryl/α,β-unsaturated/α-hetero) is 1. The number of urea groups is 1. The van der Waals surface area contributed by atoms with E-state index < -0.39 is 46.1 Å². The molecule has 2 heterocycles. The van der Waals surface area contributed by atoms with Crippen molar-refractivity contribution in [2.24, 2.45) is 5.92 Å². The molecule has 10 heteroatoms. The molecule has 1 fully saturated rings. The number of carbonyl (C=O) groups is 3. The summed E-state index contributed by atoms with van der Waals surface area (Å²) in [5, 5.41) is 26.7. The van der Waals surface area contributed by atoms with Crippen LogP contribution in [0, 0.1) is 23.0 Å². The van der Waals surface area contributed by atoms with Crippen LogP contribution in [0.15, 0.2) is 96.4 Å². The van der Waals surface area contributed by atoms with Crippen molar-refractivity contribution in [1.82, 2.24) is 4.90 Å². The summed E-state index contributed by atoms with van der Waals surface area (Å²) in [4.78, 5) is 54.4. The number of carboxylic acid groups (broad SMARTS) is 1. The second-order valence-corrected chi connectivity index (χ2v) is 11.1. The van der Waals surface area contributed by atoms with Gasteiger partial charge in [-0.3, -0.25) is 19.8 Å². The summed E-state index contributed by atoms with van der Waals surface area (Å²) < 4.78 is 0. The molecule has 0 saturated carbocycles. The van der Waals surface area contributed by atoms with Crippen molar-refractivity contribution in [1.29, 1.82) is 0 Å². The number of amides is 2. The summed E-state index contributed by atoms with van der Waals surface area (Å²) in [7, 11) is 0. The first-order valence-electron chi connectivity index (χ1n) is 12.9. The fraction of sp³-hybridized carbons (Fsp3) is 0.194. The van der Waals surface area contributed by atoms with E-state index in [-0.39, 0.29) is 11.3 Å². The van der Waals surface area contributed by atoms with Crippen LogP contribution in [0.4, 0.5) is 16.2 Å². The predicted molar refractivity (Wildman–Crippen MR) is 155 cm³/mol. The van der Waals surface area contributed by atoms with Crippen LogP contribution in [0.25, 0.3) is 0 Å². The molecule has 4 atom stereocenters. The van der Waals surface area contributed by atoms with Gasteiger partial charge in [0, 0.05) is 34.2 Å². The monoisotopic (exact) mass is 569 g/mol. The third-order valence-electron chi connectivity index (χ3n) is 7.69. The lowest BCUT2D eigenvalue weighted by Gasteiger charge is -2.37. The number of carbonyl (C=O) groups excluding carboxylic acids is 2. The van der Waals surface area contributed by atoms with Gasteiger partial charge in [0.2, 0.25) is 0 Å². The molecule has 3 aromatic carbocycles. The minimum atomic E-state index is -1.83. The Bertz CT molecular complexity index is 1590. The largest absolute Gasteiger partial charge is 0.479 e. The number of nitro benzene ring substituents is 1. The van der Waals surface area contributed by atoms with E-state index in [4.69, 9.17) is 0 Å². The maximum absolute atomic E-state index is 14.4. The number of thiophene rings is 1. The summed E-state index contributed by atoms with van der Waals surface area (Å²) in [5.74, 6) is -3.60. The van der Waals surface area contributed by atoms with Gasteiger partial charge in [0.05, 0.1) is 16.9 Å². The summed E-state index contributed by atoms with van der Waals surface area (Å²) in [6.45, 7) is 3.39. The maximum Gasteiger partial charge on any atom is 0.330 e. The molecule has 2 N–H and O–H groups in total. The second-order valence-electron chi connectivity index (χ2n) is 10.2. The summed E-state index contributed by atoms with van der Waals surface area (Å²) in [6.07, 6.45) is 0. The summed E-state index contributed by atoms with van der Waals surface area (Å²) in [5.41, 5.74) is 0.229. The van der Waals surface area contributed by atoms with E-state index >= 15 is 0 Å². The molecule has 0 aliphatic carbocycles. The van der Waals surface area contributed by atoms with E-state index in [0.717, 1.165) is 5.56 Å². The SMILES string of the molecule is Cc1ccc(C2C(C(=O)c3ccc([N+](=O)[O-])cc3)C(c3cccs3)C(C)(C(=O)O)N2C(=O)Nc2ccccc2)cc1. The molecular formula is C31H27N3O6S. The summed E-state index contributed by atoms with van der Waals surface area (Å²) >= 11 is 1.32. The lowest BCUT2D eigenvalue weighted by atomic mass is 9.74. The highest BCUT2D eigenvalue weighted by molar-refractivity contribution is 7.10. The molecule has 0 radical (unpaired) electrons. The van der Waals surface area contributed by atoms with E-state index in [1.54, 1.807) is 60.0 Å². The van der Waals surface area contributed by atoms with Gasteiger partial charge in [-0.1, -0.05) is 54.1 Å².